The zero-order valence-corrected chi connectivity index (χ0v) is 9.38. The standard InChI is InChI=1S/C12H20O2/c1-4-12(3)6-5-9-8(2)11(13)14-10(9)7-12/h8-10H,4-7H2,1-3H3/t8-,9?,10-,12?/m1/s1. The highest BCUT2D eigenvalue weighted by molar-refractivity contribution is 5.74. The molecule has 0 N–H and O–H groups in total. The number of ether oxygens (including phenoxy) is 1. The number of hydrogen-bond acceptors (Lipinski definition) is 2. The number of esters is 1. The highest BCUT2D eigenvalue weighted by atomic mass is 16.6. The lowest BCUT2D eigenvalue weighted by Crippen LogP contribution is -2.34. The first-order chi connectivity index (χ1) is 6.56. The van der Waals surface area contributed by atoms with E-state index in [1.165, 1.54) is 19.3 Å². The fourth-order valence-electron chi connectivity index (χ4n) is 2.89. The van der Waals surface area contributed by atoms with Crippen molar-refractivity contribution < 1.29 is 9.53 Å². The molecule has 80 valence electrons. The average Bonchev–Trinajstić information content (AvgIpc) is 2.42. The average molecular weight is 196 g/mol. The second-order valence-electron chi connectivity index (χ2n) is 5.33. The van der Waals surface area contributed by atoms with E-state index < -0.39 is 0 Å². The summed E-state index contributed by atoms with van der Waals surface area (Å²) in [6, 6.07) is 0. The van der Waals surface area contributed by atoms with Crippen molar-refractivity contribution in [3.8, 4) is 0 Å². The smallest absolute Gasteiger partial charge is 0.309 e. The summed E-state index contributed by atoms with van der Waals surface area (Å²) < 4.78 is 5.44. The second kappa shape index (κ2) is 3.25. The minimum absolute atomic E-state index is 0.0281. The van der Waals surface area contributed by atoms with Crippen LogP contribution in [0.4, 0.5) is 0 Å². The van der Waals surface area contributed by atoms with Crippen molar-refractivity contribution in [2.75, 3.05) is 0 Å². The first kappa shape index (κ1) is 10.0. The fourth-order valence-corrected chi connectivity index (χ4v) is 2.89. The Hall–Kier alpha value is -0.530. The van der Waals surface area contributed by atoms with Crippen molar-refractivity contribution in [1.82, 2.24) is 0 Å². The normalized spacial score (nSPS) is 47.4. The van der Waals surface area contributed by atoms with Gasteiger partial charge in [0, 0.05) is 5.92 Å². The maximum atomic E-state index is 11.4. The summed E-state index contributed by atoms with van der Waals surface area (Å²) in [5, 5.41) is 0. The molecule has 2 aliphatic rings. The van der Waals surface area contributed by atoms with Crippen molar-refractivity contribution in [3.05, 3.63) is 0 Å². The fraction of sp³-hybridized carbons (Fsp3) is 0.917. The van der Waals surface area contributed by atoms with Crippen molar-refractivity contribution in [3.63, 3.8) is 0 Å². The third-order valence-corrected chi connectivity index (χ3v) is 4.39. The maximum absolute atomic E-state index is 11.4. The van der Waals surface area contributed by atoms with Crippen molar-refractivity contribution in [2.24, 2.45) is 17.3 Å². The number of hydrogen-bond donors (Lipinski definition) is 0. The molecule has 2 unspecified atom stereocenters. The Kier molecular flexibility index (Phi) is 2.32. The van der Waals surface area contributed by atoms with Gasteiger partial charge < -0.3 is 4.74 Å². The Bertz CT molecular complexity index is 249. The van der Waals surface area contributed by atoms with Gasteiger partial charge in [0.15, 0.2) is 0 Å². The molecule has 1 aliphatic carbocycles. The molecule has 0 aromatic rings. The van der Waals surface area contributed by atoms with Crippen LogP contribution in [0.5, 0.6) is 0 Å². The largest absolute Gasteiger partial charge is 0.462 e. The predicted molar refractivity (Wildman–Crippen MR) is 54.8 cm³/mol. The van der Waals surface area contributed by atoms with E-state index >= 15 is 0 Å². The molecule has 2 nitrogen and oxygen atoms in total. The maximum Gasteiger partial charge on any atom is 0.309 e. The second-order valence-corrected chi connectivity index (χ2v) is 5.33. The van der Waals surface area contributed by atoms with Crippen LogP contribution >= 0.6 is 0 Å². The molecule has 1 saturated heterocycles. The van der Waals surface area contributed by atoms with Gasteiger partial charge in [-0.05, 0) is 24.7 Å². The summed E-state index contributed by atoms with van der Waals surface area (Å²) in [5.41, 5.74) is 0.408. The molecule has 0 aromatic carbocycles. The van der Waals surface area contributed by atoms with Crippen molar-refractivity contribution in [2.45, 2.75) is 52.6 Å². The Labute approximate surface area is 86.0 Å². The van der Waals surface area contributed by atoms with Crippen LogP contribution in [0.25, 0.3) is 0 Å². The molecule has 2 rings (SSSR count). The van der Waals surface area contributed by atoms with Gasteiger partial charge in [-0.3, -0.25) is 4.79 Å². The van der Waals surface area contributed by atoms with Gasteiger partial charge in [-0.15, -0.1) is 0 Å². The monoisotopic (exact) mass is 196 g/mol. The van der Waals surface area contributed by atoms with Crippen LogP contribution in [0.3, 0.4) is 0 Å². The van der Waals surface area contributed by atoms with Gasteiger partial charge in [0.2, 0.25) is 0 Å². The van der Waals surface area contributed by atoms with Crippen LogP contribution < -0.4 is 0 Å². The number of fused-ring (bicyclic) bond motifs is 1. The summed E-state index contributed by atoms with van der Waals surface area (Å²) in [5.74, 6) is 0.670. The minimum Gasteiger partial charge on any atom is -0.462 e. The number of carbonyl (C=O) groups is 1. The van der Waals surface area contributed by atoms with Gasteiger partial charge in [-0.25, -0.2) is 0 Å². The van der Waals surface area contributed by atoms with Gasteiger partial charge in [-0.1, -0.05) is 27.2 Å². The number of rotatable bonds is 1. The third-order valence-electron chi connectivity index (χ3n) is 4.39. The van der Waals surface area contributed by atoms with Gasteiger partial charge in [0.05, 0.1) is 5.92 Å². The van der Waals surface area contributed by atoms with Crippen LogP contribution in [0, 0.1) is 17.3 Å². The predicted octanol–water partition coefficient (Wildman–Crippen LogP) is 2.76. The third kappa shape index (κ3) is 1.45. The van der Waals surface area contributed by atoms with Gasteiger partial charge in [0.1, 0.15) is 6.10 Å². The van der Waals surface area contributed by atoms with Gasteiger partial charge in [0.25, 0.3) is 0 Å². The van der Waals surface area contributed by atoms with Crippen LogP contribution in [0.2, 0.25) is 0 Å². The zero-order valence-electron chi connectivity index (χ0n) is 9.38. The van der Waals surface area contributed by atoms with E-state index in [0.717, 1.165) is 6.42 Å². The molecule has 0 bridgehead atoms. The lowest BCUT2D eigenvalue weighted by Gasteiger charge is -2.38. The summed E-state index contributed by atoms with van der Waals surface area (Å²) in [6.45, 7) is 6.57. The summed E-state index contributed by atoms with van der Waals surface area (Å²) in [4.78, 5) is 11.4. The first-order valence-electron chi connectivity index (χ1n) is 5.76. The molecular formula is C12H20O2. The molecule has 1 saturated carbocycles. The van der Waals surface area contributed by atoms with Crippen molar-refractivity contribution >= 4 is 5.97 Å². The lowest BCUT2D eigenvalue weighted by molar-refractivity contribution is -0.145. The topological polar surface area (TPSA) is 26.3 Å². The lowest BCUT2D eigenvalue weighted by atomic mass is 9.67. The van der Waals surface area contributed by atoms with Gasteiger partial charge >= 0.3 is 5.97 Å². The molecule has 2 fully saturated rings. The summed E-state index contributed by atoms with van der Waals surface area (Å²) >= 11 is 0. The molecule has 0 spiro atoms. The summed E-state index contributed by atoms with van der Waals surface area (Å²) in [6.07, 6.45) is 4.91. The molecule has 1 heterocycles. The Morgan fingerprint density at radius 1 is 1.57 bits per heavy atom. The molecule has 4 atom stereocenters. The van der Waals surface area contributed by atoms with Crippen LogP contribution in [0.15, 0.2) is 0 Å². The van der Waals surface area contributed by atoms with E-state index in [1.54, 1.807) is 0 Å². The first-order valence-corrected chi connectivity index (χ1v) is 5.76. The highest BCUT2D eigenvalue weighted by Gasteiger charge is 2.47. The van der Waals surface area contributed by atoms with Gasteiger partial charge in [-0.2, -0.15) is 0 Å². The quantitative estimate of drug-likeness (QED) is 0.603. The molecule has 2 heteroatoms. The van der Waals surface area contributed by atoms with E-state index in [4.69, 9.17) is 4.74 Å². The molecule has 14 heavy (non-hydrogen) atoms. The van der Waals surface area contributed by atoms with Crippen LogP contribution in [0.1, 0.15) is 46.5 Å². The van der Waals surface area contributed by atoms with Crippen molar-refractivity contribution in [1.29, 1.82) is 0 Å². The molecular weight excluding hydrogens is 176 g/mol. The van der Waals surface area contributed by atoms with Crippen LogP contribution in [-0.2, 0) is 9.53 Å². The Balaban J connectivity index is 2.10. The molecule has 1 aliphatic heterocycles. The van der Waals surface area contributed by atoms with E-state index in [9.17, 15) is 4.79 Å². The van der Waals surface area contributed by atoms with E-state index in [2.05, 4.69) is 13.8 Å². The number of carbonyl (C=O) groups excluding carboxylic acids is 1. The Morgan fingerprint density at radius 3 is 2.93 bits per heavy atom. The molecule has 0 aromatic heterocycles. The minimum atomic E-state index is 0.0281. The molecule has 0 amide bonds. The highest BCUT2D eigenvalue weighted by Crippen LogP contribution is 2.47. The van der Waals surface area contributed by atoms with E-state index in [-0.39, 0.29) is 18.0 Å². The summed E-state index contributed by atoms with van der Waals surface area (Å²) in [7, 11) is 0. The zero-order chi connectivity index (χ0) is 10.3. The van der Waals surface area contributed by atoms with E-state index in [0.29, 0.717) is 11.3 Å². The van der Waals surface area contributed by atoms with E-state index in [1.807, 2.05) is 6.92 Å². The SMILES string of the molecule is CCC1(C)CCC2[C@@H](C1)OC(=O)[C@@H]2C. The molecule has 0 radical (unpaired) electrons. The van der Waals surface area contributed by atoms with Crippen LogP contribution in [-0.4, -0.2) is 12.1 Å². The Morgan fingerprint density at radius 2 is 2.29 bits per heavy atom.